The molecular weight excluding hydrogens is 474 g/mol. The van der Waals surface area contributed by atoms with Gasteiger partial charge in [0.25, 0.3) is 11.8 Å². The van der Waals surface area contributed by atoms with E-state index in [-0.39, 0.29) is 5.70 Å². The highest BCUT2D eigenvalue weighted by Crippen LogP contribution is 2.26. The van der Waals surface area contributed by atoms with Crippen LogP contribution in [0.5, 0.6) is 5.75 Å². The largest absolute Gasteiger partial charge is 0.493 e. The van der Waals surface area contributed by atoms with Gasteiger partial charge in [0.1, 0.15) is 11.4 Å². The van der Waals surface area contributed by atoms with Gasteiger partial charge in [-0.2, -0.15) is 5.10 Å². The number of carbonyl (C=O) groups is 2. The molecule has 0 saturated carbocycles. The van der Waals surface area contributed by atoms with Crippen LogP contribution in [-0.4, -0.2) is 24.6 Å². The van der Waals surface area contributed by atoms with Crippen LogP contribution in [0.4, 0.5) is 0 Å². The average Bonchev–Trinajstić information content (AvgIpc) is 2.94. The molecule has 0 aliphatic rings. The summed E-state index contributed by atoms with van der Waals surface area (Å²) in [7, 11) is 0. The second kappa shape index (κ2) is 12.8. The summed E-state index contributed by atoms with van der Waals surface area (Å²) in [5.41, 5.74) is 5.59. The van der Waals surface area contributed by atoms with Gasteiger partial charge in [-0.15, -0.1) is 0 Å². The van der Waals surface area contributed by atoms with E-state index in [1.165, 1.54) is 0 Å². The third-order valence-electron chi connectivity index (χ3n) is 5.68. The molecule has 190 valence electrons. The van der Waals surface area contributed by atoms with E-state index in [2.05, 4.69) is 15.8 Å². The molecule has 4 aromatic rings. The van der Waals surface area contributed by atoms with E-state index in [0.717, 1.165) is 27.5 Å². The summed E-state index contributed by atoms with van der Waals surface area (Å²) < 4.78 is 5.78. The molecule has 0 aliphatic carbocycles. The third kappa shape index (κ3) is 6.83. The second-order valence-corrected chi connectivity index (χ2v) is 8.51. The molecule has 0 unspecified atom stereocenters. The van der Waals surface area contributed by atoms with E-state index in [0.29, 0.717) is 17.9 Å². The first-order valence-electron chi connectivity index (χ1n) is 12.3. The van der Waals surface area contributed by atoms with Crippen molar-refractivity contribution in [2.75, 3.05) is 6.61 Å². The van der Waals surface area contributed by atoms with Gasteiger partial charge in [-0.05, 0) is 60.0 Å². The molecular formula is C32H29N3O3. The lowest BCUT2D eigenvalue weighted by molar-refractivity contribution is -0.117. The smallest absolute Gasteiger partial charge is 0.287 e. The van der Waals surface area contributed by atoms with Crippen LogP contribution in [-0.2, 0) is 4.79 Å². The van der Waals surface area contributed by atoms with Gasteiger partial charge in [-0.1, -0.05) is 84.9 Å². The van der Waals surface area contributed by atoms with Crippen molar-refractivity contribution in [1.82, 2.24) is 10.7 Å². The summed E-state index contributed by atoms with van der Waals surface area (Å²) in [5.74, 6) is -0.278. The Morgan fingerprint density at radius 3 is 2.29 bits per heavy atom. The molecule has 38 heavy (non-hydrogen) atoms. The Kier molecular flexibility index (Phi) is 8.81. The number of nitrogens with zero attached hydrogens (tertiary/aromatic N) is 1. The fourth-order valence-corrected chi connectivity index (χ4v) is 3.93. The first-order valence-corrected chi connectivity index (χ1v) is 12.3. The summed E-state index contributed by atoms with van der Waals surface area (Å²) in [5, 5.41) is 8.92. The van der Waals surface area contributed by atoms with Crippen molar-refractivity contribution in [2.45, 2.75) is 13.8 Å². The van der Waals surface area contributed by atoms with Crippen molar-refractivity contribution in [2.24, 2.45) is 5.10 Å². The molecule has 4 aromatic carbocycles. The number of rotatable bonds is 9. The quantitative estimate of drug-likeness (QED) is 0.125. The first-order chi connectivity index (χ1) is 18.5. The minimum atomic E-state index is -0.551. The topological polar surface area (TPSA) is 79.8 Å². The van der Waals surface area contributed by atoms with Crippen LogP contribution in [0.3, 0.4) is 0 Å². The summed E-state index contributed by atoms with van der Waals surface area (Å²) in [6.07, 6.45) is 5.12. The van der Waals surface area contributed by atoms with Crippen molar-refractivity contribution in [3.05, 3.63) is 131 Å². The Labute approximate surface area is 222 Å². The maximum atomic E-state index is 13.2. The number of benzene rings is 4. The molecule has 2 amide bonds. The van der Waals surface area contributed by atoms with Gasteiger partial charge in [0.05, 0.1) is 12.8 Å². The van der Waals surface area contributed by atoms with Crippen LogP contribution in [0, 0.1) is 0 Å². The summed E-state index contributed by atoms with van der Waals surface area (Å²) in [6, 6.07) is 30.2. The van der Waals surface area contributed by atoms with Crippen LogP contribution in [0.2, 0.25) is 0 Å². The summed E-state index contributed by atoms with van der Waals surface area (Å²) in [4.78, 5) is 26.0. The maximum absolute atomic E-state index is 13.2. The predicted molar refractivity (Wildman–Crippen MR) is 153 cm³/mol. The van der Waals surface area contributed by atoms with Crippen LogP contribution < -0.4 is 15.5 Å². The Morgan fingerprint density at radius 1 is 0.868 bits per heavy atom. The minimum Gasteiger partial charge on any atom is -0.493 e. The van der Waals surface area contributed by atoms with Gasteiger partial charge in [-0.3, -0.25) is 9.59 Å². The standard InChI is InChI=1S/C32H29N3O3/c1-3-38-30-19-18-25-14-10-11-17-27(25)28(30)22-33-35-32(37)29(34-31(36)26-15-8-5-9-16-26)21-23(2)20-24-12-6-4-7-13-24/h4-22H,3H2,1-2H3,(H,34,36)(H,35,37)/b23-20+,29-21-,33-22-. The van der Waals surface area contributed by atoms with Gasteiger partial charge >= 0.3 is 0 Å². The van der Waals surface area contributed by atoms with Crippen LogP contribution in [0.15, 0.2) is 120 Å². The zero-order valence-electron chi connectivity index (χ0n) is 21.3. The van der Waals surface area contributed by atoms with Crippen LogP contribution in [0.25, 0.3) is 16.8 Å². The molecule has 0 heterocycles. The van der Waals surface area contributed by atoms with Crippen LogP contribution >= 0.6 is 0 Å². The number of fused-ring (bicyclic) bond motifs is 1. The molecule has 6 nitrogen and oxygen atoms in total. The van der Waals surface area contributed by atoms with E-state index >= 15 is 0 Å². The highest BCUT2D eigenvalue weighted by Gasteiger charge is 2.14. The highest BCUT2D eigenvalue weighted by molar-refractivity contribution is 6.05. The summed E-state index contributed by atoms with van der Waals surface area (Å²) >= 11 is 0. The Bertz CT molecular complexity index is 1510. The Hall–Kier alpha value is -4.97. The van der Waals surface area contributed by atoms with Crippen molar-refractivity contribution in [3.8, 4) is 5.75 Å². The monoisotopic (exact) mass is 503 g/mol. The lowest BCUT2D eigenvalue weighted by Crippen LogP contribution is -2.33. The third-order valence-corrected chi connectivity index (χ3v) is 5.68. The zero-order chi connectivity index (χ0) is 26.7. The van der Waals surface area contributed by atoms with Gasteiger partial charge < -0.3 is 10.1 Å². The molecule has 0 atom stereocenters. The molecule has 0 aliphatic heterocycles. The van der Waals surface area contributed by atoms with Crippen molar-refractivity contribution >= 4 is 34.9 Å². The lowest BCUT2D eigenvalue weighted by Gasteiger charge is -2.11. The maximum Gasteiger partial charge on any atom is 0.287 e. The molecule has 0 aromatic heterocycles. The second-order valence-electron chi connectivity index (χ2n) is 8.51. The SMILES string of the molecule is CCOc1ccc2ccccc2c1/C=N\NC(=O)/C(=C/C(C)=C/c1ccccc1)NC(=O)c1ccccc1. The number of allylic oxidation sites excluding steroid dienone is 2. The molecule has 0 saturated heterocycles. The Morgan fingerprint density at radius 2 is 1.55 bits per heavy atom. The van der Waals surface area contributed by atoms with Gasteiger partial charge in [-0.25, -0.2) is 5.43 Å². The minimum absolute atomic E-state index is 0.0728. The predicted octanol–water partition coefficient (Wildman–Crippen LogP) is 6.11. The number of ether oxygens (including phenoxy) is 1. The van der Waals surface area contributed by atoms with E-state index in [1.807, 2.05) is 92.7 Å². The van der Waals surface area contributed by atoms with E-state index in [1.54, 1.807) is 36.6 Å². The Balaban J connectivity index is 1.61. The highest BCUT2D eigenvalue weighted by atomic mass is 16.5. The van der Waals surface area contributed by atoms with E-state index < -0.39 is 11.8 Å². The molecule has 0 spiro atoms. The van der Waals surface area contributed by atoms with Crippen LogP contribution in [0.1, 0.15) is 35.3 Å². The molecule has 6 heteroatoms. The number of hydrogen-bond acceptors (Lipinski definition) is 4. The van der Waals surface area contributed by atoms with E-state index in [9.17, 15) is 9.59 Å². The molecule has 4 rings (SSSR count). The summed E-state index contributed by atoms with van der Waals surface area (Å²) in [6.45, 7) is 4.27. The fourth-order valence-electron chi connectivity index (χ4n) is 3.93. The number of amides is 2. The van der Waals surface area contributed by atoms with Gasteiger partial charge in [0.15, 0.2) is 0 Å². The van der Waals surface area contributed by atoms with Gasteiger partial charge in [0, 0.05) is 11.1 Å². The zero-order valence-corrected chi connectivity index (χ0v) is 21.3. The number of hydrogen-bond donors (Lipinski definition) is 2. The van der Waals surface area contributed by atoms with Crippen molar-refractivity contribution in [3.63, 3.8) is 0 Å². The van der Waals surface area contributed by atoms with Gasteiger partial charge in [0.2, 0.25) is 0 Å². The number of carbonyl (C=O) groups excluding carboxylic acids is 2. The normalized spacial score (nSPS) is 11.9. The number of hydrazone groups is 1. The lowest BCUT2D eigenvalue weighted by atomic mass is 10.0. The molecule has 2 N–H and O–H groups in total. The number of nitrogens with one attached hydrogen (secondary N) is 2. The fraction of sp³-hybridized carbons (Fsp3) is 0.0938. The van der Waals surface area contributed by atoms with Crippen molar-refractivity contribution < 1.29 is 14.3 Å². The first kappa shape index (κ1) is 26.1. The van der Waals surface area contributed by atoms with E-state index in [4.69, 9.17) is 4.74 Å². The molecule has 0 radical (unpaired) electrons. The molecule has 0 bridgehead atoms. The van der Waals surface area contributed by atoms with Crippen molar-refractivity contribution in [1.29, 1.82) is 0 Å². The average molecular weight is 504 g/mol. The molecule has 0 fully saturated rings.